The molecule has 4 nitrogen and oxygen atoms in total. The zero-order valence-corrected chi connectivity index (χ0v) is 12.3. The Kier molecular flexibility index (Phi) is 4.81. The predicted molar refractivity (Wildman–Crippen MR) is 83.7 cm³/mol. The van der Waals surface area contributed by atoms with Crippen LogP contribution < -0.4 is 11.1 Å². The lowest BCUT2D eigenvalue weighted by atomic mass is 10.1. The third-order valence-corrected chi connectivity index (χ3v) is 3.32. The van der Waals surface area contributed by atoms with Gasteiger partial charge in [0.05, 0.1) is 6.54 Å². The molecule has 0 radical (unpaired) electrons. The number of nitrogens with one attached hydrogen (secondary N) is 1. The van der Waals surface area contributed by atoms with Crippen LogP contribution in [0, 0.1) is 18.8 Å². The van der Waals surface area contributed by atoms with Crippen LogP contribution in [0.5, 0.6) is 0 Å². The molecule has 0 aliphatic rings. The summed E-state index contributed by atoms with van der Waals surface area (Å²) in [6.07, 6.45) is 0. The fourth-order valence-corrected chi connectivity index (χ4v) is 2.03. The molecule has 0 fully saturated rings. The minimum Gasteiger partial charge on any atom is -0.347 e. The summed E-state index contributed by atoms with van der Waals surface area (Å²) in [5.74, 6) is 5.72. The molecule has 1 amide bonds. The first kappa shape index (κ1) is 14.9. The van der Waals surface area contributed by atoms with Crippen molar-refractivity contribution in [1.29, 1.82) is 0 Å². The fraction of sp³-hybridized carbons (Fsp3) is 0.235. The Morgan fingerprint density at radius 1 is 1.33 bits per heavy atom. The van der Waals surface area contributed by atoms with E-state index in [1.807, 2.05) is 54.9 Å². The summed E-state index contributed by atoms with van der Waals surface area (Å²) in [7, 11) is 1.88. The van der Waals surface area contributed by atoms with Gasteiger partial charge in [-0.25, -0.2) is 0 Å². The third kappa shape index (κ3) is 3.74. The number of benzene rings is 1. The van der Waals surface area contributed by atoms with Crippen molar-refractivity contribution in [1.82, 2.24) is 9.88 Å². The molecule has 0 saturated heterocycles. The van der Waals surface area contributed by atoms with Crippen LogP contribution in [0.25, 0.3) is 0 Å². The van der Waals surface area contributed by atoms with E-state index in [2.05, 4.69) is 17.2 Å². The first-order valence-corrected chi connectivity index (χ1v) is 6.80. The van der Waals surface area contributed by atoms with Gasteiger partial charge in [-0.3, -0.25) is 4.79 Å². The highest BCUT2D eigenvalue weighted by molar-refractivity contribution is 5.92. The molecule has 0 saturated carbocycles. The molecule has 3 N–H and O–H groups in total. The largest absolute Gasteiger partial charge is 0.347 e. The second kappa shape index (κ2) is 6.78. The van der Waals surface area contributed by atoms with Crippen molar-refractivity contribution in [2.45, 2.75) is 13.5 Å². The highest BCUT2D eigenvalue weighted by Gasteiger charge is 2.10. The monoisotopic (exact) mass is 281 g/mol. The number of amides is 1. The second-order valence-corrected chi connectivity index (χ2v) is 4.81. The Labute approximate surface area is 125 Å². The Morgan fingerprint density at radius 2 is 2.14 bits per heavy atom. The zero-order chi connectivity index (χ0) is 15.2. The van der Waals surface area contributed by atoms with Gasteiger partial charge in [-0.15, -0.1) is 0 Å². The smallest absolute Gasteiger partial charge is 0.268 e. The van der Waals surface area contributed by atoms with E-state index < -0.39 is 0 Å². The molecule has 0 unspecified atom stereocenters. The van der Waals surface area contributed by atoms with Gasteiger partial charge >= 0.3 is 0 Å². The Bertz CT molecular complexity index is 704. The number of carbonyl (C=O) groups is 1. The molecule has 0 bridgehead atoms. The quantitative estimate of drug-likeness (QED) is 0.839. The zero-order valence-electron chi connectivity index (χ0n) is 12.3. The molecule has 0 aliphatic heterocycles. The first-order chi connectivity index (χ1) is 10.1. The van der Waals surface area contributed by atoms with Crippen LogP contribution in [0.2, 0.25) is 0 Å². The van der Waals surface area contributed by atoms with Crippen LogP contribution in [-0.2, 0) is 13.6 Å². The van der Waals surface area contributed by atoms with Crippen LogP contribution in [0.1, 0.15) is 27.3 Å². The van der Waals surface area contributed by atoms with Crippen LogP contribution in [0.3, 0.4) is 0 Å². The van der Waals surface area contributed by atoms with Gasteiger partial charge in [-0.2, -0.15) is 0 Å². The normalized spacial score (nSPS) is 9.86. The fourth-order valence-electron chi connectivity index (χ4n) is 2.03. The minimum atomic E-state index is -0.0796. The Hall–Kier alpha value is -2.51. The maximum absolute atomic E-state index is 12.1. The average Bonchev–Trinajstić information content (AvgIpc) is 2.83. The van der Waals surface area contributed by atoms with E-state index in [1.54, 1.807) is 0 Å². The summed E-state index contributed by atoms with van der Waals surface area (Å²) in [5, 5.41) is 2.92. The van der Waals surface area contributed by atoms with Gasteiger partial charge in [0, 0.05) is 24.8 Å². The van der Waals surface area contributed by atoms with Crippen LogP contribution >= 0.6 is 0 Å². The molecule has 4 heteroatoms. The van der Waals surface area contributed by atoms with E-state index in [1.165, 1.54) is 0 Å². The van der Waals surface area contributed by atoms with Crippen molar-refractivity contribution in [3.63, 3.8) is 0 Å². The van der Waals surface area contributed by atoms with Crippen molar-refractivity contribution in [3.05, 3.63) is 58.9 Å². The summed E-state index contributed by atoms with van der Waals surface area (Å²) >= 11 is 0. The first-order valence-electron chi connectivity index (χ1n) is 6.80. The second-order valence-electron chi connectivity index (χ2n) is 4.81. The van der Waals surface area contributed by atoms with E-state index in [0.717, 1.165) is 16.8 Å². The van der Waals surface area contributed by atoms with E-state index in [4.69, 9.17) is 5.73 Å². The molecular formula is C17H19N3O. The molecule has 1 aromatic carbocycles. The van der Waals surface area contributed by atoms with Gasteiger partial charge < -0.3 is 15.6 Å². The molecule has 108 valence electrons. The molecule has 0 atom stereocenters. The van der Waals surface area contributed by atoms with Gasteiger partial charge in [0.1, 0.15) is 5.69 Å². The van der Waals surface area contributed by atoms with Gasteiger partial charge in [-0.05, 0) is 36.8 Å². The molecule has 0 aliphatic carbocycles. The van der Waals surface area contributed by atoms with E-state index in [9.17, 15) is 4.79 Å². The maximum atomic E-state index is 12.1. The Balaban J connectivity index is 2.03. The van der Waals surface area contributed by atoms with Crippen molar-refractivity contribution >= 4 is 5.91 Å². The van der Waals surface area contributed by atoms with Gasteiger partial charge in [-0.1, -0.05) is 24.0 Å². The SMILES string of the molecule is Cc1ccc(C(=O)NCc2cccc(C#CCN)c2)n1C. The molecule has 2 rings (SSSR count). The molecule has 2 aromatic rings. The van der Waals surface area contributed by atoms with Gasteiger partial charge in [0.2, 0.25) is 0 Å². The van der Waals surface area contributed by atoms with Crippen LogP contribution in [0.15, 0.2) is 36.4 Å². The molecule has 1 heterocycles. The molecule has 1 aromatic heterocycles. The van der Waals surface area contributed by atoms with Crippen molar-refractivity contribution < 1.29 is 4.79 Å². The summed E-state index contributed by atoms with van der Waals surface area (Å²) in [6, 6.07) is 11.5. The van der Waals surface area contributed by atoms with Crippen molar-refractivity contribution in [2.24, 2.45) is 12.8 Å². The number of nitrogens with zero attached hydrogens (tertiary/aromatic N) is 1. The molecule has 0 spiro atoms. The lowest BCUT2D eigenvalue weighted by Crippen LogP contribution is -2.25. The summed E-state index contributed by atoms with van der Waals surface area (Å²) in [4.78, 5) is 12.1. The van der Waals surface area contributed by atoms with Crippen LogP contribution in [-0.4, -0.2) is 17.0 Å². The highest BCUT2D eigenvalue weighted by Crippen LogP contribution is 2.07. The van der Waals surface area contributed by atoms with Crippen molar-refractivity contribution in [3.8, 4) is 11.8 Å². The van der Waals surface area contributed by atoms with Gasteiger partial charge in [0.15, 0.2) is 0 Å². The number of hydrogen-bond donors (Lipinski definition) is 2. The number of rotatable bonds is 3. The summed E-state index contributed by atoms with van der Waals surface area (Å²) in [5.41, 5.74) is 8.99. The third-order valence-electron chi connectivity index (χ3n) is 3.32. The Morgan fingerprint density at radius 3 is 2.81 bits per heavy atom. The van der Waals surface area contributed by atoms with Crippen molar-refractivity contribution in [2.75, 3.05) is 6.54 Å². The van der Waals surface area contributed by atoms with E-state index in [-0.39, 0.29) is 5.91 Å². The van der Waals surface area contributed by atoms with Crippen LogP contribution in [0.4, 0.5) is 0 Å². The summed E-state index contributed by atoms with van der Waals surface area (Å²) in [6.45, 7) is 2.78. The highest BCUT2D eigenvalue weighted by atomic mass is 16.1. The predicted octanol–water partition coefficient (Wildman–Crippen LogP) is 1.57. The average molecular weight is 281 g/mol. The van der Waals surface area contributed by atoms with E-state index in [0.29, 0.717) is 18.8 Å². The molecular weight excluding hydrogens is 262 g/mol. The summed E-state index contributed by atoms with van der Waals surface area (Å²) < 4.78 is 1.87. The van der Waals surface area contributed by atoms with Gasteiger partial charge in [0.25, 0.3) is 5.91 Å². The number of aryl methyl sites for hydroxylation is 1. The van der Waals surface area contributed by atoms with E-state index >= 15 is 0 Å². The maximum Gasteiger partial charge on any atom is 0.268 e. The minimum absolute atomic E-state index is 0.0796. The lowest BCUT2D eigenvalue weighted by molar-refractivity contribution is 0.0942. The number of aromatic nitrogens is 1. The number of nitrogens with two attached hydrogens (primary N) is 1. The lowest BCUT2D eigenvalue weighted by Gasteiger charge is -2.07. The number of carbonyl (C=O) groups excluding carboxylic acids is 1. The standard InChI is InChI=1S/C17H19N3O/c1-13-8-9-16(20(13)2)17(21)19-12-15-6-3-5-14(11-15)7-4-10-18/h3,5-6,8-9,11H,10,12,18H2,1-2H3,(H,19,21). The topological polar surface area (TPSA) is 60.1 Å². The molecule has 21 heavy (non-hydrogen) atoms. The number of hydrogen-bond acceptors (Lipinski definition) is 2.